The van der Waals surface area contributed by atoms with E-state index in [0.29, 0.717) is 46.8 Å². The molecule has 336 valence electrons. The van der Waals surface area contributed by atoms with Crippen LogP contribution in [0.5, 0.6) is 5.75 Å². The predicted octanol–water partition coefficient (Wildman–Crippen LogP) is 8.92. The van der Waals surface area contributed by atoms with E-state index in [0.717, 1.165) is 72.3 Å². The van der Waals surface area contributed by atoms with Crippen molar-refractivity contribution in [1.29, 1.82) is 5.26 Å². The first-order valence-electron chi connectivity index (χ1n) is 22.2. The molecule has 0 spiro atoms. The molecule has 1 aliphatic carbocycles. The number of piperidine rings is 1. The number of carbonyl (C=O) groups excluding carboxylic acids is 1. The summed E-state index contributed by atoms with van der Waals surface area (Å²) in [6.45, 7) is 16.9. The Labute approximate surface area is 388 Å². The van der Waals surface area contributed by atoms with Crippen LogP contribution in [0, 0.1) is 42.9 Å². The molecule has 0 bridgehead atoms. The summed E-state index contributed by atoms with van der Waals surface area (Å²) in [4.78, 5) is 35.8. The molecule has 6 aromatic rings. The van der Waals surface area contributed by atoms with Crippen LogP contribution in [0.1, 0.15) is 114 Å². The minimum absolute atomic E-state index is 0.169. The minimum Gasteiger partial charge on any atom is -0.489 e. The number of hydrogen-bond donors (Lipinski definition) is 1. The van der Waals surface area contributed by atoms with Gasteiger partial charge in [-0.2, -0.15) is 5.26 Å². The largest absolute Gasteiger partial charge is 0.489 e. The van der Waals surface area contributed by atoms with Crippen molar-refractivity contribution < 1.29 is 18.7 Å². The molecule has 2 aliphatic heterocycles. The number of benzene rings is 2. The Morgan fingerprint density at radius 1 is 1.02 bits per heavy atom. The van der Waals surface area contributed by atoms with Gasteiger partial charge in [0.25, 0.3) is 5.91 Å². The lowest BCUT2D eigenvalue weighted by Gasteiger charge is -2.63. The second-order valence-corrected chi connectivity index (χ2v) is 20.1. The third-order valence-electron chi connectivity index (χ3n) is 13.3. The third kappa shape index (κ3) is 8.55. The van der Waals surface area contributed by atoms with Crippen molar-refractivity contribution in [2.75, 3.05) is 24.6 Å². The van der Waals surface area contributed by atoms with Crippen LogP contribution < -0.4 is 15.0 Å². The number of hydrogen-bond acceptors (Lipinski definition) is 13. The fraction of sp³-hybridized carbons (Fsp3) is 0.429. The molecule has 2 fully saturated rings. The Balaban J connectivity index is 0.750. The van der Waals surface area contributed by atoms with Crippen LogP contribution in [0.4, 0.5) is 5.95 Å². The number of nitriles is 1. The van der Waals surface area contributed by atoms with Crippen LogP contribution in [0.3, 0.4) is 0 Å². The number of aliphatic imine (C=N–C) groups is 1. The zero-order valence-corrected chi connectivity index (χ0v) is 39.3. The number of nitrogens with one attached hydrogen (secondary N) is 1. The molecule has 6 heterocycles. The van der Waals surface area contributed by atoms with E-state index < -0.39 is 0 Å². The first kappa shape index (κ1) is 44.3. The maximum Gasteiger partial charge on any atom is 0.254 e. The smallest absolute Gasteiger partial charge is 0.254 e. The highest BCUT2D eigenvalue weighted by Crippen LogP contribution is 2.55. The predicted molar refractivity (Wildman–Crippen MR) is 249 cm³/mol. The molecule has 16 heteroatoms. The van der Waals surface area contributed by atoms with Gasteiger partial charge in [0.05, 0.1) is 40.6 Å². The van der Waals surface area contributed by atoms with Gasteiger partial charge in [-0.3, -0.25) is 14.4 Å². The number of amides is 1. The summed E-state index contributed by atoms with van der Waals surface area (Å²) in [5, 5.41) is 22.9. The number of oxazole rings is 1. The van der Waals surface area contributed by atoms with E-state index in [2.05, 4.69) is 112 Å². The quantitative estimate of drug-likeness (QED) is 0.110. The van der Waals surface area contributed by atoms with Gasteiger partial charge in [-0.15, -0.1) is 21.5 Å². The molecule has 4 aromatic heterocycles. The number of carbonyl (C=O) groups is 1. The Kier molecular flexibility index (Phi) is 12.1. The van der Waals surface area contributed by atoms with E-state index in [4.69, 9.17) is 30.5 Å². The number of fused-ring (bicyclic) bond motifs is 3. The zero-order valence-electron chi connectivity index (χ0n) is 37.8. The third-order valence-corrected chi connectivity index (χ3v) is 14.8. The lowest BCUT2D eigenvalue weighted by molar-refractivity contribution is -0.164. The van der Waals surface area contributed by atoms with E-state index in [1.165, 1.54) is 16.0 Å². The number of halogens is 1. The summed E-state index contributed by atoms with van der Waals surface area (Å²) in [7, 11) is 0. The van der Waals surface area contributed by atoms with Crippen molar-refractivity contribution in [3.63, 3.8) is 0 Å². The van der Waals surface area contributed by atoms with Gasteiger partial charge in [0.1, 0.15) is 41.1 Å². The van der Waals surface area contributed by atoms with Crippen molar-refractivity contribution in [2.24, 2.45) is 15.8 Å². The summed E-state index contributed by atoms with van der Waals surface area (Å²) in [5.74, 6) is 3.21. The van der Waals surface area contributed by atoms with Gasteiger partial charge in [-0.05, 0) is 69.7 Å². The maximum absolute atomic E-state index is 13.5. The Hall–Kier alpha value is -5.95. The standard InChI is InChI=1S/C49H53ClN10O4S/c1-28-29(2)65-44-40(28)41(55-38(24-39-52-18-22-63-39)42-58-57-30(3)60(42)44)32-12-10-31(11-13-32)9-8-21-62-35-16-19-59(20-17-35)47-53-26-34(27-54-47)43(61)56-45-48(4,5)46(49(45,6)7)64-36-15-14-33(25-51)37(50)23-36/h10-15,18,22-23,26-27,35,38,45-46H,8-9,16-17,19-21,24H2,1-7H3,(H,56,61)/t38-,45?,46?/m0/s1. The van der Waals surface area contributed by atoms with Crippen molar-refractivity contribution in [1.82, 2.24) is 35.0 Å². The topological polar surface area (TPSA) is 169 Å². The van der Waals surface area contributed by atoms with Crippen LogP contribution in [0.2, 0.25) is 5.02 Å². The monoisotopic (exact) mass is 912 g/mol. The molecule has 1 saturated heterocycles. The second-order valence-electron chi connectivity index (χ2n) is 18.5. The first-order valence-corrected chi connectivity index (χ1v) is 23.4. The number of nitrogens with zero attached hydrogens (tertiary/aromatic N) is 9. The van der Waals surface area contributed by atoms with Crippen molar-refractivity contribution in [3.05, 3.63) is 128 Å². The summed E-state index contributed by atoms with van der Waals surface area (Å²) in [6.07, 6.45) is 10.5. The second kappa shape index (κ2) is 17.8. The molecule has 14 nitrogen and oxygen atoms in total. The molecule has 3 aliphatic rings. The van der Waals surface area contributed by atoms with E-state index in [1.807, 2.05) is 6.92 Å². The fourth-order valence-corrected chi connectivity index (χ4v) is 11.5. The van der Waals surface area contributed by atoms with Gasteiger partial charge >= 0.3 is 0 Å². The lowest BCUT2D eigenvalue weighted by atomic mass is 9.49. The van der Waals surface area contributed by atoms with Crippen molar-refractivity contribution >= 4 is 40.5 Å². The SMILES string of the molecule is Cc1sc2c(c1C)C(c1ccc(CCCOC3CCN(c4ncc(C(=O)NC5C(C)(C)C(Oc6ccc(C#N)c(Cl)c6)C5(C)C)cn4)CC3)cc1)=N[C@@H](Cc1ncco1)c1nnc(C)n1-2. The average molecular weight is 914 g/mol. The average Bonchev–Trinajstić information content (AvgIpc) is 4.01. The van der Waals surface area contributed by atoms with Crippen LogP contribution in [-0.4, -0.2) is 79.3 Å². The molecular weight excluding hydrogens is 860 g/mol. The van der Waals surface area contributed by atoms with Crippen molar-refractivity contribution in [2.45, 2.75) is 105 Å². The summed E-state index contributed by atoms with van der Waals surface area (Å²) >= 11 is 8.01. The number of aromatic nitrogens is 6. The molecule has 1 atom stereocenters. The number of aryl methyl sites for hydroxylation is 3. The molecule has 9 rings (SSSR count). The van der Waals surface area contributed by atoms with Gasteiger partial charge in [0.2, 0.25) is 5.95 Å². The van der Waals surface area contributed by atoms with E-state index in [1.54, 1.807) is 54.4 Å². The minimum atomic E-state index is -0.382. The fourth-order valence-electron chi connectivity index (χ4n) is 10.0. The number of rotatable bonds is 13. The van der Waals surface area contributed by atoms with Gasteiger partial charge in [0.15, 0.2) is 11.7 Å². The van der Waals surface area contributed by atoms with Crippen molar-refractivity contribution in [3.8, 4) is 16.8 Å². The Bertz CT molecular complexity index is 2750. The molecule has 2 aromatic carbocycles. The lowest BCUT2D eigenvalue weighted by Crippen LogP contribution is -2.74. The Morgan fingerprint density at radius 2 is 1.75 bits per heavy atom. The van der Waals surface area contributed by atoms with E-state index in [-0.39, 0.29) is 41.0 Å². The zero-order chi connectivity index (χ0) is 45.6. The van der Waals surface area contributed by atoms with Gasteiger partial charge in [-0.1, -0.05) is 63.6 Å². The summed E-state index contributed by atoms with van der Waals surface area (Å²) < 4.78 is 20.5. The first-order chi connectivity index (χ1) is 31.2. The Morgan fingerprint density at radius 3 is 2.43 bits per heavy atom. The highest BCUT2D eigenvalue weighted by atomic mass is 35.5. The van der Waals surface area contributed by atoms with Gasteiger partial charge < -0.3 is 24.1 Å². The highest BCUT2D eigenvalue weighted by molar-refractivity contribution is 7.15. The van der Waals surface area contributed by atoms with Gasteiger partial charge in [-0.25, -0.2) is 15.0 Å². The number of anilines is 1. The van der Waals surface area contributed by atoms with Gasteiger partial charge in [0, 0.05) is 71.0 Å². The molecule has 1 N–H and O–H groups in total. The molecule has 1 saturated carbocycles. The van der Waals surface area contributed by atoms with Crippen LogP contribution in [0.15, 0.2) is 76.7 Å². The van der Waals surface area contributed by atoms with Crippen LogP contribution >= 0.6 is 22.9 Å². The number of thiophene rings is 1. The summed E-state index contributed by atoms with van der Waals surface area (Å²) in [6, 6.07) is 15.4. The van der Waals surface area contributed by atoms with Crippen LogP contribution in [0.25, 0.3) is 5.00 Å². The van der Waals surface area contributed by atoms with E-state index >= 15 is 0 Å². The van der Waals surface area contributed by atoms with Crippen LogP contribution in [-0.2, 0) is 17.6 Å². The molecule has 65 heavy (non-hydrogen) atoms. The number of ether oxygens (including phenoxy) is 2. The maximum atomic E-state index is 13.5. The summed E-state index contributed by atoms with van der Waals surface area (Å²) in [5.41, 5.74) is 5.64. The molecular formula is C49H53ClN10O4S. The van der Waals surface area contributed by atoms with E-state index in [9.17, 15) is 10.1 Å². The highest BCUT2D eigenvalue weighted by Gasteiger charge is 2.64. The molecule has 0 radical (unpaired) electrons. The normalized spacial score (nSPS) is 19.9. The molecule has 0 unspecified atom stereocenters. The molecule has 1 amide bonds.